The largest absolute Gasteiger partial charge is 0.395 e. The minimum atomic E-state index is -0.210. The number of hydrogen-bond donors (Lipinski definition) is 2. The average Bonchev–Trinajstić information content (AvgIpc) is 2.70. The maximum atomic E-state index is 12.9. The first kappa shape index (κ1) is 20.5. The van der Waals surface area contributed by atoms with Crippen LogP contribution in [-0.2, 0) is 0 Å². The van der Waals surface area contributed by atoms with E-state index in [9.17, 15) is 9.59 Å². The lowest BCUT2D eigenvalue weighted by molar-refractivity contribution is 0.0615. The molecule has 1 heterocycles. The third-order valence-corrected chi connectivity index (χ3v) is 5.44. The Kier molecular flexibility index (Phi) is 6.83. The molecule has 0 saturated carbocycles. The molecule has 148 valence electrons. The van der Waals surface area contributed by atoms with Crippen molar-refractivity contribution in [1.29, 1.82) is 0 Å². The summed E-state index contributed by atoms with van der Waals surface area (Å²) in [6, 6.07) is 12.5. The van der Waals surface area contributed by atoms with E-state index in [1.807, 2.05) is 30.0 Å². The number of piperazine rings is 1. The number of carbonyl (C=O) groups is 2. The molecule has 0 atom stereocenters. The van der Waals surface area contributed by atoms with Gasteiger partial charge in [0.2, 0.25) is 0 Å². The van der Waals surface area contributed by atoms with E-state index >= 15 is 0 Å². The second kappa shape index (κ2) is 9.32. The Labute approximate surface area is 173 Å². The van der Waals surface area contributed by atoms with E-state index in [0.717, 1.165) is 23.1 Å². The zero-order chi connectivity index (χ0) is 20.1. The van der Waals surface area contributed by atoms with Gasteiger partial charge in [-0.15, -0.1) is 0 Å². The van der Waals surface area contributed by atoms with Crippen LogP contribution in [0.3, 0.4) is 0 Å². The molecule has 2 aromatic rings. The minimum absolute atomic E-state index is 0.0391. The Bertz CT molecular complexity index is 846. The van der Waals surface area contributed by atoms with Gasteiger partial charge in [0.15, 0.2) is 0 Å². The van der Waals surface area contributed by atoms with Gasteiger partial charge in [-0.2, -0.15) is 0 Å². The smallest absolute Gasteiger partial charge is 0.255 e. The number of aliphatic hydroxyl groups excluding tert-OH is 1. The van der Waals surface area contributed by atoms with Crippen LogP contribution in [0.4, 0.5) is 5.69 Å². The number of aryl methyl sites for hydroxylation is 1. The highest BCUT2D eigenvalue weighted by molar-refractivity contribution is 9.10. The van der Waals surface area contributed by atoms with Crippen LogP contribution in [-0.4, -0.2) is 66.1 Å². The molecule has 1 aliphatic heterocycles. The highest BCUT2D eigenvalue weighted by Gasteiger charge is 2.22. The van der Waals surface area contributed by atoms with Crippen molar-refractivity contribution in [2.75, 3.05) is 44.6 Å². The van der Waals surface area contributed by atoms with E-state index in [1.165, 1.54) is 0 Å². The monoisotopic (exact) mass is 445 g/mol. The molecule has 0 bridgehead atoms. The van der Waals surface area contributed by atoms with Gasteiger partial charge in [0.1, 0.15) is 0 Å². The number of halogens is 1. The number of β-amino-alcohol motifs (C(OH)–C–C–N with tert-alkyl or cyclic N) is 1. The van der Waals surface area contributed by atoms with E-state index in [0.29, 0.717) is 36.4 Å². The summed E-state index contributed by atoms with van der Waals surface area (Å²) in [5, 5.41) is 11.9. The number of benzene rings is 2. The predicted octanol–water partition coefficient (Wildman–Crippen LogP) is 2.76. The van der Waals surface area contributed by atoms with E-state index in [4.69, 9.17) is 5.11 Å². The van der Waals surface area contributed by atoms with Gasteiger partial charge < -0.3 is 15.3 Å². The van der Waals surface area contributed by atoms with Gasteiger partial charge in [0.05, 0.1) is 6.61 Å². The molecule has 28 heavy (non-hydrogen) atoms. The van der Waals surface area contributed by atoms with Crippen molar-refractivity contribution in [1.82, 2.24) is 9.80 Å². The Morgan fingerprint density at radius 2 is 1.68 bits per heavy atom. The SMILES string of the molecule is Cc1ccc(C(=O)N2CCN(CCO)CC2)cc1NC(=O)c1ccc(Br)cc1. The number of rotatable bonds is 5. The molecule has 0 aromatic heterocycles. The van der Waals surface area contributed by atoms with E-state index in [-0.39, 0.29) is 18.4 Å². The van der Waals surface area contributed by atoms with Gasteiger partial charge in [0.25, 0.3) is 11.8 Å². The molecule has 1 fully saturated rings. The Hall–Kier alpha value is -2.22. The second-order valence-electron chi connectivity index (χ2n) is 6.85. The molecule has 0 aliphatic carbocycles. The van der Waals surface area contributed by atoms with Crippen molar-refractivity contribution >= 4 is 33.4 Å². The molecule has 0 spiro atoms. The third kappa shape index (κ3) is 4.98. The molecule has 0 radical (unpaired) electrons. The highest BCUT2D eigenvalue weighted by atomic mass is 79.9. The zero-order valence-electron chi connectivity index (χ0n) is 15.8. The van der Waals surface area contributed by atoms with Crippen LogP contribution in [0.15, 0.2) is 46.9 Å². The number of hydrogen-bond acceptors (Lipinski definition) is 4. The molecule has 2 amide bonds. The van der Waals surface area contributed by atoms with Gasteiger partial charge in [0, 0.05) is 54.0 Å². The fourth-order valence-corrected chi connectivity index (χ4v) is 3.45. The number of amides is 2. The Balaban J connectivity index is 1.70. The van der Waals surface area contributed by atoms with Gasteiger partial charge >= 0.3 is 0 Å². The number of carbonyl (C=O) groups excluding carboxylic acids is 2. The molecule has 3 rings (SSSR count). The maximum absolute atomic E-state index is 12.9. The molecule has 1 aliphatic rings. The predicted molar refractivity (Wildman–Crippen MR) is 113 cm³/mol. The zero-order valence-corrected chi connectivity index (χ0v) is 17.4. The van der Waals surface area contributed by atoms with Gasteiger partial charge in [-0.05, 0) is 48.9 Å². The standard InChI is InChI=1S/C21H24BrN3O3/c1-15-2-3-17(21(28)25-10-8-24(9-11-25)12-13-26)14-19(15)23-20(27)16-4-6-18(22)7-5-16/h2-7,14,26H,8-13H2,1H3,(H,23,27). The quantitative estimate of drug-likeness (QED) is 0.741. The molecular formula is C21H24BrN3O3. The number of anilines is 1. The van der Waals surface area contributed by atoms with E-state index < -0.39 is 0 Å². The van der Waals surface area contributed by atoms with Crippen LogP contribution in [0.5, 0.6) is 0 Å². The van der Waals surface area contributed by atoms with Crippen molar-refractivity contribution in [3.05, 3.63) is 63.6 Å². The molecule has 1 saturated heterocycles. The fraction of sp³-hybridized carbons (Fsp3) is 0.333. The molecule has 7 heteroatoms. The highest BCUT2D eigenvalue weighted by Crippen LogP contribution is 2.20. The molecule has 2 aromatic carbocycles. The molecular weight excluding hydrogens is 422 g/mol. The number of nitrogens with zero attached hydrogens (tertiary/aromatic N) is 2. The summed E-state index contributed by atoms with van der Waals surface area (Å²) in [6.45, 7) is 5.45. The molecule has 2 N–H and O–H groups in total. The van der Waals surface area contributed by atoms with Crippen LogP contribution in [0.1, 0.15) is 26.3 Å². The second-order valence-corrected chi connectivity index (χ2v) is 7.76. The van der Waals surface area contributed by atoms with Crippen LogP contribution in [0.25, 0.3) is 0 Å². The van der Waals surface area contributed by atoms with Crippen molar-refractivity contribution in [2.24, 2.45) is 0 Å². The minimum Gasteiger partial charge on any atom is -0.395 e. The first-order valence-corrected chi connectivity index (χ1v) is 10.1. The summed E-state index contributed by atoms with van der Waals surface area (Å²) in [6.07, 6.45) is 0. The van der Waals surface area contributed by atoms with Crippen molar-refractivity contribution in [2.45, 2.75) is 6.92 Å². The summed E-state index contributed by atoms with van der Waals surface area (Å²) in [7, 11) is 0. The first-order valence-electron chi connectivity index (χ1n) is 9.28. The van der Waals surface area contributed by atoms with Gasteiger partial charge in [-0.1, -0.05) is 22.0 Å². The lowest BCUT2D eigenvalue weighted by Crippen LogP contribution is -2.49. The summed E-state index contributed by atoms with van der Waals surface area (Å²) < 4.78 is 0.909. The molecule has 0 unspecified atom stereocenters. The van der Waals surface area contributed by atoms with Crippen molar-refractivity contribution in [3.8, 4) is 0 Å². The van der Waals surface area contributed by atoms with E-state index in [1.54, 1.807) is 24.3 Å². The van der Waals surface area contributed by atoms with Gasteiger partial charge in [-0.25, -0.2) is 0 Å². The van der Waals surface area contributed by atoms with Crippen molar-refractivity contribution in [3.63, 3.8) is 0 Å². The number of aliphatic hydroxyl groups is 1. The van der Waals surface area contributed by atoms with Crippen LogP contribution in [0, 0.1) is 6.92 Å². The maximum Gasteiger partial charge on any atom is 0.255 e. The van der Waals surface area contributed by atoms with Gasteiger partial charge in [-0.3, -0.25) is 14.5 Å². The molecule has 6 nitrogen and oxygen atoms in total. The van der Waals surface area contributed by atoms with Crippen molar-refractivity contribution < 1.29 is 14.7 Å². The average molecular weight is 446 g/mol. The lowest BCUT2D eigenvalue weighted by Gasteiger charge is -2.34. The van der Waals surface area contributed by atoms with E-state index in [2.05, 4.69) is 26.1 Å². The summed E-state index contributed by atoms with van der Waals surface area (Å²) in [4.78, 5) is 29.3. The lowest BCUT2D eigenvalue weighted by atomic mass is 10.1. The Morgan fingerprint density at radius 3 is 2.32 bits per heavy atom. The van der Waals surface area contributed by atoms with Crippen LogP contribution >= 0.6 is 15.9 Å². The summed E-state index contributed by atoms with van der Waals surface area (Å²) in [5.41, 5.74) is 2.65. The number of nitrogens with one attached hydrogen (secondary N) is 1. The van der Waals surface area contributed by atoms with Crippen LogP contribution < -0.4 is 5.32 Å². The topological polar surface area (TPSA) is 72.9 Å². The summed E-state index contributed by atoms with van der Waals surface area (Å²) in [5.74, 6) is -0.249. The summed E-state index contributed by atoms with van der Waals surface area (Å²) >= 11 is 3.36. The van der Waals surface area contributed by atoms with Crippen LogP contribution in [0.2, 0.25) is 0 Å². The fourth-order valence-electron chi connectivity index (χ4n) is 3.18. The first-order chi connectivity index (χ1) is 13.5. The third-order valence-electron chi connectivity index (χ3n) is 4.91. The normalized spacial score (nSPS) is 14.8. The Morgan fingerprint density at radius 1 is 1.04 bits per heavy atom.